The van der Waals surface area contributed by atoms with Gasteiger partial charge < -0.3 is 20.7 Å². The number of benzene rings is 2. The second-order valence-electron chi connectivity index (χ2n) is 7.41. The molecule has 1 fully saturated rings. The number of ether oxygens (including phenoxy) is 1. The van der Waals surface area contributed by atoms with Crippen LogP contribution < -0.4 is 16.0 Å². The van der Waals surface area contributed by atoms with E-state index in [1.165, 1.54) is 24.3 Å². The van der Waals surface area contributed by atoms with Crippen LogP contribution in [0.1, 0.15) is 33.6 Å². The molecule has 0 spiro atoms. The molecule has 6 nitrogen and oxygen atoms in total. The van der Waals surface area contributed by atoms with E-state index in [1.807, 2.05) is 0 Å². The highest BCUT2D eigenvalue weighted by molar-refractivity contribution is 6.05. The third-order valence-electron chi connectivity index (χ3n) is 5.23. The third kappa shape index (κ3) is 6.26. The molecular weight excluding hydrogens is 409 g/mol. The first-order valence-corrected chi connectivity index (χ1v) is 9.66. The zero-order chi connectivity index (χ0) is 20.7. The van der Waals surface area contributed by atoms with Crippen LogP contribution in [0.2, 0.25) is 0 Å². The monoisotopic (exact) mass is 435 g/mol. The summed E-state index contributed by atoms with van der Waals surface area (Å²) in [5.41, 5.74) is 1.24. The molecule has 0 aliphatic carbocycles. The van der Waals surface area contributed by atoms with Crippen molar-refractivity contribution >= 4 is 29.9 Å². The summed E-state index contributed by atoms with van der Waals surface area (Å²) >= 11 is 0. The van der Waals surface area contributed by atoms with Gasteiger partial charge in [0.25, 0.3) is 11.8 Å². The van der Waals surface area contributed by atoms with Crippen LogP contribution in [0.15, 0.2) is 48.5 Å². The van der Waals surface area contributed by atoms with Crippen LogP contribution in [0.25, 0.3) is 0 Å². The van der Waals surface area contributed by atoms with E-state index in [-0.39, 0.29) is 29.6 Å². The van der Waals surface area contributed by atoms with E-state index in [2.05, 4.69) is 16.0 Å². The van der Waals surface area contributed by atoms with Crippen LogP contribution in [0, 0.1) is 11.2 Å². The number of carbonyl (C=O) groups excluding carboxylic acids is 2. The van der Waals surface area contributed by atoms with Crippen LogP contribution in [0.3, 0.4) is 0 Å². The number of hydrogen-bond donors (Lipinski definition) is 3. The van der Waals surface area contributed by atoms with Gasteiger partial charge in [0, 0.05) is 35.9 Å². The predicted octanol–water partition coefficient (Wildman–Crippen LogP) is 3.25. The van der Waals surface area contributed by atoms with Gasteiger partial charge in [-0.2, -0.15) is 0 Å². The molecule has 1 saturated heterocycles. The van der Waals surface area contributed by atoms with Crippen LogP contribution in [0.4, 0.5) is 10.1 Å². The lowest BCUT2D eigenvalue weighted by molar-refractivity contribution is 0.0511. The minimum absolute atomic E-state index is 0. The van der Waals surface area contributed by atoms with Gasteiger partial charge in [0.2, 0.25) is 0 Å². The molecule has 0 radical (unpaired) electrons. The topological polar surface area (TPSA) is 79.5 Å². The molecule has 0 saturated carbocycles. The summed E-state index contributed by atoms with van der Waals surface area (Å²) in [6, 6.07) is 12.0. The Morgan fingerprint density at radius 1 is 1.07 bits per heavy atom. The first-order chi connectivity index (χ1) is 14.0. The molecule has 0 unspecified atom stereocenters. The van der Waals surface area contributed by atoms with Gasteiger partial charge >= 0.3 is 0 Å². The Hall–Kier alpha value is -2.48. The van der Waals surface area contributed by atoms with Crippen LogP contribution >= 0.6 is 12.4 Å². The number of halogens is 2. The molecule has 162 valence electrons. The van der Waals surface area contributed by atoms with E-state index in [0.717, 1.165) is 25.9 Å². The number of anilines is 1. The van der Waals surface area contributed by atoms with Crippen molar-refractivity contribution in [2.24, 2.45) is 5.41 Å². The average Bonchev–Trinajstić information content (AvgIpc) is 2.73. The molecule has 2 aromatic carbocycles. The molecule has 30 heavy (non-hydrogen) atoms. The SMILES string of the molecule is COCC1(CNC(=O)c2cccc(NC(=O)c3ccc(F)cc3)c2)CCNCC1.Cl. The normalized spacial score (nSPS) is 15.0. The van der Waals surface area contributed by atoms with Gasteiger partial charge in [-0.15, -0.1) is 12.4 Å². The number of amides is 2. The molecule has 3 rings (SSSR count). The maximum absolute atomic E-state index is 13.0. The lowest BCUT2D eigenvalue weighted by atomic mass is 9.79. The zero-order valence-corrected chi connectivity index (χ0v) is 17.7. The number of piperidine rings is 1. The zero-order valence-electron chi connectivity index (χ0n) is 16.9. The summed E-state index contributed by atoms with van der Waals surface area (Å²) in [6.45, 7) is 2.95. The summed E-state index contributed by atoms with van der Waals surface area (Å²) in [6.07, 6.45) is 1.88. The summed E-state index contributed by atoms with van der Waals surface area (Å²) in [5, 5.41) is 9.08. The van der Waals surface area contributed by atoms with Gasteiger partial charge in [0.1, 0.15) is 5.82 Å². The second kappa shape index (κ2) is 11.1. The maximum Gasteiger partial charge on any atom is 0.255 e. The van der Waals surface area contributed by atoms with E-state index in [4.69, 9.17) is 4.74 Å². The summed E-state index contributed by atoms with van der Waals surface area (Å²) in [5.74, 6) is -0.964. The Labute approximate surface area is 182 Å². The lowest BCUT2D eigenvalue weighted by Crippen LogP contribution is -2.47. The first-order valence-electron chi connectivity index (χ1n) is 9.66. The first kappa shape index (κ1) is 23.8. The lowest BCUT2D eigenvalue weighted by Gasteiger charge is -2.37. The molecule has 2 amide bonds. The molecule has 2 aromatic rings. The van der Waals surface area contributed by atoms with E-state index in [0.29, 0.717) is 30.0 Å². The Kier molecular flexibility index (Phi) is 8.77. The molecule has 1 aliphatic heterocycles. The van der Waals surface area contributed by atoms with Crippen molar-refractivity contribution in [3.63, 3.8) is 0 Å². The minimum atomic E-state index is -0.403. The van der Waals surface area contributed by atoms with Gasteiger partial charge in [0.15, 0.2) is 0 Å². The predicted molar refractivity (Wildman–Crippen MR) is 117 cm³/mol. The summed E-state index contributed by atoms with van der Waals surface area (Å²) in [7, 11) is 1.68. The van der Waals surface area contributed by atoms with Gasteiger partial charge in [-0.1, -0.05) is 6.07 Å². The molecule has 8 heteroatoms. The maximum atomic E-state index is 13.0. The van der Waals surface area contributed by atoms with Gasteiger partial charge in [-0.25, -0.2) is 4.39 Å². The standard InChI is InChI=1S/C22H26FN3O3.ClH/c1-29-15-22(9-11-24-12-10-22)14-25-20(27)17-3-2-4-19(13-17)26-21(28)16-5-7-18(23)8-6-16;/h2-8,13,24H,9-12,14-15H2,1H3,(H,25,27)(H,26,28);1H. The van der Waals surface area contributed by atoms with E-state index >= 15 is 0 Å². The molecular formula is C22H27ClFN3O3. The molecule has 0 atom stereocenters. The largest absolute Gasteiger partial charge is 0.384 e. The highest BCUT2D eigenvalue weighted by Gasteiger charge is 2.32. The number of carbonyl (C=O) groups is 2. The highest BCUT2D eigenvalue weighted by atomic mass is 35.5. The Bertz CT molecular complexity index is 849. The Morgan fingerprint density at radius 2 is 1.77 bits per heavy atom. The van der Waals surface area contributed by atoms with Crippen LogP contribution in [-0.4, -0.2) is 45.2 Å². The Morgan fingerprint density at radius 3 is 2.43 bits per heavy atom. The van der Waals surface area contributed by atoms with Crippen LogP contribution in [0.5, 0.6) is 0 Å². The fourth-order valence-electron chi connectivity index (χ4n) is 3.55. The second-order valence-corrected chi connectivity index (χ2v) is 7.41. The smallest absolute Gasteiger partial charge is 0.255 e. The van der Waals surface area contributed by atoms with Crippen molar-refractivity contribution in [3.05, 3.63) is 65.5 Å². The average molecular weight is 436 g/mol. The number of methoxy groups -OCH3 is 1. The van der Waals surface area contributed by atoms with Crippen molar-refractivity contribution in [2.75, 3.05) is 38.7 Å². The Balaban J connectivity index is 0.00000320. The fourth-order valence-corrected chi connectivity index (χ4v) is 3.55. The van der Waals surface area contributed by atoms with Gasteiger partial charge in [-0.05, 0) is 68.4 Å². The number of nitrogens with one attached hydrogen (secondary N) is 3. The third-order valence-corrected chi connectivity index (χ3v) is 5.23. The molecule has 1 aliphatic rings. The van der Waals surface area contributed by atoms with E-state index < -0.39 is 5.82 Å². The van der Waals surface area contributed by atoms with E-state index in [1.54, 1.807) is 31.4 Å². The quantitative estimate of drug-likeness (QED) is 0.623. The van der Waals surface area contributed by atoms with E-state index in [9.17, 15) is 14.0 Å². The number of rotatable bonds is 7. The van der Waals surface area contributed by atoms with Crippen molar-refractivity contribution in [1.29, 1.82) is 0 Å². The van der Waals surface area contributed by atoms with Crippen LogP contribution in [-0.2, 0) is 4.74 Å². The number of hydrogen-bond acceptors (Lipinski definition) is 4. The van der Waals surface area contributed by atoms with Crippen molar-refractivity contribution < 1.29 is 18.7 Å². The molecule has 0 aromatic heterocycles. The molecule has 3 N–H and O–H groups in total. The minimum Gasteiger partial charge on any atom is -0.384 e. The highest BCUT2D eigenvalue weighted by Crippen LogP contribution is 2.28. The van der Waals surface area contributed by atoms with Crippen molar-refractivity contribution in [3.8, 4) is 0 Å². The van der Waals surface area contributed by atoms with Crippen molar-refractivity contribution in [2.45, 2.75) is 12.8 Å². The fraction of sp³-hybridized carbons (Fsp3) is 0.364. The molecule has 0 bridgehead atoms. The van der Waals surface area contributed by atoms with Gasteiger partial charge in [0.05, 0.1) is 6.61 Å². The van der Waals surface area contributed by atoms with Gasteiger partial charge in [-0.3, -0.25) is 9.59 Å². The molecule has 1 heterocycles. The summed E-state index contributed by atoms with van der Waals surface area (Å²) in [4.78, 5) is 25.0. The summed E-state index contributed by atoms with van der Waals surface area (Å²) < 4.78 is 18.4. The van der Waals surface area contributed by atoms with Crippen molar-refractivity contribution in [1.82, 2.24) is 10.6 Å².